The largest absolute Gasteiger partial charge is 0.393 e. The molecule has 0 amide bonds. The van der Waals surface area contributed by atoms with Gasteiger partial charge in [0.05, 0.1) is 6.10 Å². The Morgan fingerprint density at radius 2 is 1.59 bits per heavy atom. The third-order valence-electron chi connectivity index (χ3n) is 3.91. The van der Waals surface area contributed by atoms with Crippen LogP contribution in [0.4, 0.5) is 0 Å². The summed E-state index contributed by atoms with van der Waals surface area (Å²) in [5.74, 6) is 0.504. The average Bonchev–Trinajstić information content (AvgIpc) is 2.38. The van der Waals surface area contributed by atoms with Crippen molar-refractivity contribution in [3.8, 4) is 0 Å². The lowest BCUT2D eigenvalue weighted by molar-refractivity contribution is 0.00408. The molecule has 17 heavy (non-hydrogen) atoms. The Balaban J connectivity index is 1.90. The number of hydrogen-bond acceptors (Lipinski definition) is 2. The fourth-order valence-corrected chi connectivity index (χ4v) is 2.65. The van der Waals surface area contributed by atoms with Crippen molar-refractivity contribution in [2.45, 2.75) is 77.2 Å². The summed E-state index contributed by atoms with van der Waals surface area (Å²) in [4.78, 5) is 0. The highest BCUT2D eigenvalue weighted by molar-refractivity contribution is 4.71. The Hall–Kier alpha value is -0.0800. The molecule has 0 spiro atoms. The van der Waals surface area contributed by atoms with E-state index in [0.717, 1.165) is 32.5 Å². The van der Waals surface area contributed by atoms with Crippen molar-refractivity contribution in [2.24, 2.45) is 5.92 Å². The molecule has 1 N–H and O–H groups in total. The van der Waals surface area contributed by atoms with E-state index in [4.69, 9.17) is 4.74 Å². The van der Waals surface area contributed by atoms with Crippen molar-refractivity contribution in [1.29, 1.82) is 0 Å². The van der Waals surface area contributed by atoms with Gasteiger partial charge in [0.15, 0.2) is 0 Å². The second-order valence-electron chi connectivity index (χ2n) is 5.43. The molecule has 102 valence electrons. The zero-order valence-electron chi connectivity index (χ0n) is 11.5. The molecular weight excluding hydrogens is 212 g/mol. The molecule has 0 aromatic heterocycles. The van der Waals surface area contributed by atoms with Crippen LogP contribution in [0.1, 0.15) is 71.1 Å². The summed E-state index contributed by atoms with van der Waals surface area (Å²) in [6, 6.07) is 0. The Morgan fingerprint density at radius 1 is 1.00 bits per heavy atom. The molecule has 0 bridgehead atoms. The number of aliphatic hydroxyl groups excluding tert-OH is 1. The number of hydrogen-bond donors (Lipinski definition) is 1. The molecule has 1 aliphatic heterocycles. The van der Waals surface area contributed by atoms with Crippen LogP contribution in [-0.4, -0.2) is 24.4 Å². The van der Waals surface area contributed by atoms with E-state index in [2.05, 4.69) is 6.92 Å². The number of unbranched alkanes of at least 4 members (excludes halogenated alkanes) is 6. The van der Waals surface area contributed by atoms with Gasteiger partial charge in [-0.25, -0.2) is 0 Å². The van der Waals surface area contributed by atoms with Gasteiger partial charge in [-0.05, 0) is 25.2 Å². The molecule has 2 heteroatoms. The molecule has 0 aromatic rings. The van der Waals surface area contributed by atoms with Crippen molar-refractivity contribution in [3.05, 3.63) is 0 Å². The van der Waals surface area contributed by atoms with Gasteiger partial charge in [-0.2, -0.15) is 0 Å². The highest BCUT2D eigenvalue weighted by atomic mass is 16.5. The first-order valence-corrected chi connectivity index (χ1v) is 7.60. The van der Waals surface area contributed by atoms with E-state index in [9.17, 15) is 5.11 Å². The molecule has 1 rings (SSSR count). The van der Waals surface area contributed by atoms with Gasteiger partial charge >= 0.3 is 0 Å². The standard InChI is InChI=1S/C15H30O2/c1-2-3-4-5-6-7-8-9-15(16)14-10-12-17-13-11-14/h14-16H,2-13H2,1H3. The van der Waals surface area contributed by atoms with Crippen LogP contribution < -0.4 is 0 Å². The molecule has 0 saturated carbocycles. The summed E-state index contributed by atoms with van der Waals surface area (Å²) in [6.07, 6.45) is 12.3. The van der Waals surface area contributed by atoms with Crippen LogP contribution in [0, 0.1) is 5.92 Å². The van der Waals surface area contributed by atoms with E-state index in [0.29, 0.717) is 5.92 Å². The number of ether oxygens (including phenoxy) is 1. The van der Waals surface area contributed by atoms with Gasteiger partial charge in [-0.1, -0.05) is 51.9 Å². The first-order valence-electron chi connectivity index (χ1n) is 7.60. The molecule has 0 aromatic carbocycles. The van der Waals surface area contributed by atoms with Crippen LogP contribution in [0.2, 0.25) is 0 Å². The van der Waals surface area contributed by atoms with E-state index in [1.165, 1.54) is 44.9 Å². The van der Waals surface area contributed by atoms with Crippen molar-refractivity contribution in [3.63, 3.8) is 0 Å². The van der Waals surface area contributed by atoms with Gasteiger partial charge in [-0.3, -0.25) is 0 Å². The lowest BCUT2D eigenvalue weighted by Gasteiger charge is -2.26. The van der Waals surface area contributed by atoms with Crippen molar-refractivity contribution in [2.75, 3.05) is 13.2 Å². The van der Waals surface area contributed by atoms with Gasteiger partial charge < -0.3 is 9.84 Å². The molecule has 2 nitrogen and oxygen atoms in total. The maximum atomic E-state index is 10.1. The zero-order valence-corrected chi connectivity index (χ0v) is 11.5. The molecule has 1 atom stereocenters. The maximum absolute atomic E-state index is 10.1. The van der Waals surface area contributed by atoms with Crippen molar-refractivity contribution >= 4 is 0 Å². The van der Waals surface area contributed by atoms with Crippen LogP contribution in [0.15, 0.2) is 0 Å². The third kappa shape index (κ3) is 7.05. The molecule has 1 saturated heterocycles. The molecule has 0 aliphatic carbocycles. The SMILES string of the molecule is CCCCCCCCCC(O)C1CCOCC1. The van der Waals surface area contributed by atoms with Gasteiger partial charge in [0.25, 0.3) is 0 Å². The molecule has 1 fully saturated rings. The molecule has 0 radical (unpaired) electrons. The zero-order chi connectivity index (χ0) is 12.3. The van der Waals surface area contributed by atoms with E-state index in [1.807, 2.05) is 0 Å². The Bertz CT molecular complexity index is 164. The Morgan fingerprint density at radius 3 is 2.24 bits per heavy atom. The van der Waals surface area contributed by atoms with E-state index < -0.39 is 0 Å². The number of rotatable bonds is 9. The Labute approximate surface area is 107 Å². The summed E-state index contributed by atoms with van der Waals surface area (Å²) >= 11 is 0. The van der Waals surface area contributed by atoms with Gasteiger partial charge in [0, 0.05) is 13.2 Å². The topological polar surface area (TPSA) is 29.5 Å². The van der Waals surface area contributed by atoms with E-state index in [-0.39, 0.29) is 6.10 Å². The lowest BCUT2D eigenvalue weighted by atomic mass is 9.90. The minimum Gasteiger partial charge on any atom is -0.393 e. The lowest BCUT2D eigenvalue weighted by Crippen LogP contribution is -2.27. The Kier molecular flexibility index (Phi) is 8.72. The van der Waals surface area contributed by atoms with Crippen molar-refractivity contribution < 1.29 is 9.84 Å². The summed E-state index contributed by atoms with van der Waals surface area (Å²) in [5, 5.41) is 10.1. The minimum absolute atomic E-state index is 0.0745. The highest BCUT2D eigenvalue weighted by Gasteiger charge is 2.21. The number of aliphatic hydroxyl groups is 1. The molecule has 1 unspecified atom stereocenters. The minimum atomic E-state index is -0.0745. The first kappa shape index (κ1) is 15.0. The monoisotopic (exact) mass is 242 g/mol. The smallest absolute Gasteiger partial charge is 0.0570 e. The van der Waals surface area contributed by atoms with Crippen LogP contribution >= 0.6 is 0 Å². The van der Waals surface area contributed by atoms with Crippen LogP contribution in [-0.2, 0) is 4.74 Å². The second-order valence-corrected chi connectivity index (χ2v) is 5.43. The fraction of sp³-hybridized carbons (Fsp3) is 1.00. The van der Waals surface area contributed by atoms with Gasteiger partial charge in [0.2, 0.25) is 0 Å². The fourth-order valence-electron chi connectivity index (χ4n) is 2.65. The van der Waals surface area contributed by atoms with Crippen molar-refractivity contribution in [1.82, 2.24) is 0 Å². The highest BCUT2D eigenvalue weighted by Crippen LogP contribution is 2.22. The molecular formula is C15H30O2. The van der Waals surface area contributed by atoms with Crippen LogP contribution in [0.5, 0.6) is 0 Å². The second kappa shape index (κ2) is 9.90. The first-order chi connectivity index (χ1) is 8.34. The summed E-state index contributed by atoms with van der Waals surface area (Å²) in [7, 11) is 0. The third-order valence-corrected chi connectivity index (χ3v) is 3.91. The van der Waals surface area contributed by atoms with Crippen LogP contribution in [0.3, 0.4) is 0 Å². The predicted molar refractivity (Wildman–Crippen MR) is 72.2 cm³/mol. The molecule has 1 aliphatic rings. The van der Waals surface area contributed by atoms with Gasteiger partial charge in [-0.15, -0.1) is 0 Å². The quantitative estimate of drug-likeness (QED) is 0.621. The van der Waals surface area contributed by atoms with E-state index in [1.54, 1.807) is 0 Å². The average molecular weight is 242 g/mol. The van der Waals surface area contributed by atoms with Crippen LogP contribution in [0.25, 0.3) is 0 Å². The van der Waals surface area contributed by atoms with E-state index >= 15 is 0 Å². The summed E-state index contributed by atoms with van der Waals surface area (Å²) in [5.41, 5.74) is 0. The summed E-state index contributed by atoms with van der Waals surface area (Å²) < 4.78 is 5.32. The summed E-state index contributed by atoms with van der Waals surface area (Å²) in [6.45, 7) is 3.95. The normalized spacial score (nSPS) is 19.4. The predicted octanol–water partition coefficient (Wildman–Crippen LogP) is 3.91. The molecule has 1 heterocycles. The maximum Gasteiger partial charge on any atom is 0.0570 e. The van der Waals surface area contributed by atoms with Gasteiger partial charge in [0.1, 0.15) is 0 Å².